The van der Waals surface area contributed by atoms with Gasteiger partial charge in [-0.2, -0.15) is 5.10 Å². The van der Waals surface area contributed by atoms with E-state index in [1.165, 1.54) is 23.9 Å². The molecule has 0 N–H and O–H groups in total. The number of carbonyl (C=O) groups excluding carboxylic acids is 1. The quantitative estimate of drug-likeness (QED) is 0.814. The first-order valence-electron chi connectivity index (χ1n) is 5.25. The summed E-state index contributed by atoms with van der Waals surface area (Å²) < 4.78 is 19.6. The fourth-order valence-corrected chi connectivity index (χ4v) is 2.01. The zero-order valence-electron chi connectivity index (χ0n) is 9.86. The lowest BCUT2D eigenvalue weighted by molar-refractivity contribution is 0.111. The highest BCUT2D eigenvalue weighted by Gasteiger charge is 2.17. The number of aldehydes is 1. The van der Waals surface area contributed by atoms with Gasteiger partial charge in [-0.1, -0.05) is 23.2 Å². The average molecular weight is 303 g/mol. The first kappa shape index (κ1) is 14.0. The van der Waals surface area contributed by atoms with Gasteiger partial charge in [0.05, 0.1) is 22.9 Å². The number of nitrogens with zero attached hydrogens (tertiary/aromatic N) is 2. The monoisotopic (exact) mass is 302 g/mol. The van der Waals surface area contributed by atoms with Crippen LogP contribution < -0.4 is 0 Å². The maximum Gasteiger partial charge on any atom is 0.155 e. The molecule has 0 bridgehead atoms. The lowest BCUT2D eigenvalue weighted by Gasteiger charge is -2.03. The first-order chi connectivity index (χ1) is 9.08. The van der Waals surface area contributed by atoms with Gasteiger partial charge in [0.1, 0.15) is 16.7 Å². The molecule has 0 aliphatic heterocycles. The van der Waals surface area contributed by atoms with Crippen molar-refractivity contribution in [3.8, 4) is 5.69 Å². The SMILES string of the molecule is COCc1nn(-c2ccc(Cl)c(F)c2)c(Cl)c1C=O. The largest absolute Gasteiger partial charge is 0.378 e. The smallest absolute Gasteiger partial charge is 0.155 e. The van der Waals surface area contributed by atoms with Crippen LogP contribution in [0.2, 0.25) is 10.2 Å². The molecule has 1 aromatic heterocycles. The minimum atomic E-state index is -0.591. The Bertz CT molecular complexity index is 628. The second-order valence-electron chi connectivity index (χ2n) is 3.71. The Kier molecular flexibility index (Phi) is 4.19. The third kappa shape index (κ3) is 2.63. The van der Waals surface area contributed by atoms with Crippen LogP contribution in [0.4, 0.5) is 4.39 Å². The number of hydrogen-bond donors (Lipinski definition) is 0. The van der Waals surface area contributed by atoms with E-state index in [4.69, 9.17) is 27.9 Å². The predicted molar refractivity (Wildman–Crippen MR) is 69.6 cm³/mol. The third-order valence-corrected chi connectivity index (χ3v) is 3.16. The average Bonchev–Trinajstić information content (AvgIpc) is 2.70. The Morgan fingerprint density at radius 3 is 2.79 bits per heavy atom. The number of methoxy groups -OCH3 is 1. The van der Waals surface area contributed by atoms with Gasteiger partial charge in [0.2, 0.25) is 0 Å². The molecule has 19 heavy (non-hydrogen) atoms. The highest BCUT2D eigenvalue weighted by atomic mass is 35.5. The molecule has 2 rings (SSSR count). The van der Waals surface area contributed by atoms with Crippen molar-refractivity contribution in [2.45, 2.75) is 6.61 Å². The molecule has 7 heteroatoms. The molecule has 0 atom stereocenters. The Labute approximate surface area is 118 Å². The molecule has 0 fully saturated rings. The van der Waals surface area contributed by atoms with Gasteiger partial charge in [-0.3, -0.25) is 4.79 Å². The summed E-state index contributed by atoms with van der Waals surface area (Å²) in [6, 6.07) is 4.13. The summed E-state index contributed by atoms with van der Waals surface area (Å²) in [4.78, 5) is 11.0. The van der Waals surface area contributed by atoms with E-state index in [-0.39, 0.29) is 22.3 Å². The van der Waals surface area contributed by atoms with Crippen LogP contribution in [0, 0.1) is 5.82 Å². The summed E-state index contributed by atoms with van der Waals surface area (Å²) in [5.74, 6) is -0.591. The van der Waals surface area contributed by atoms with Gasteiger partial charge in [0.15, 0.2) is 6.29 Å². The van der Waals surface area contributed by atoms with Gasteiger partial charge in [0, 0.05) is 13.2 Å². The molecule has 1 aromatic carbocycles. The summed E-state index contributed by atoms with van der Waals surface area (Å²) in [7, 11) is 1.48. The lowest BCUT2D eigenvalue weighted by atomic mass is 10.3. The minimum Gasteiger partial charge on any atom is -0.378 e. The first-order valence-corrected chi connectivity index (χ1v) is 6.01. The van der Waals surface area contributed by atoms with E-state index in [1.54, 1.807) is 6.07 Å². The molecular weight excluding hydrogens is 294 g/mol. The molecule has 0 unspecified atom stereocenters. The standard InChI is InChI=1S/C12H9Cl2FN2O2/c1-19-6-11-8(5-18)12(14)17(16-11)7-2-3-9(13)10(15)4-7/h2-5H,6H2,1H3. The van der Waals surface area contributed by atoms with Crippen molar-refractivity contribution in [3.63, 3.8) is 0 Å². The number of carbonyl (C=O) groups is 1. The second-order valence-corrected chi connectivity index (χ2v) is 4.48. The highest BCUT2D eigenvalue weighted by Crippen LogP contribution is 2.25. The number of ether oxygens (including phenoxy) is 1. The van der Waals surface area contributed by atoms with Crippen LogP contribution in [0.25, 0.3) is 5.69 Å². The topological polar surface area (TPSA) is 44.1 Å². The maximum atomic E-state index is 13.4. The van der Waals surface area contributed by atoms with Crippen LogP contribution >= 0.6 is 23.2 Å². The van der Waals surface area contributed by atoms with Gasteiger partial charge in [-0.25, -0.2) is 9.07 Å². The molecule has 100 valence electrons. The normalized spacial score (nSPS) is 10.7. The summed E-state index contributed by atoms with van der Waals surface area (Å²) in [6.07, 6.45) is 0.590. The van der Waals surface area contributed by atoms with Crippen LogP contribution in [0.5, 0.6) is 0 Å². The fraction of sp³-hybridized carbons (Fsp3) is 0.167. The van der Waals surface area contributed by atoms with Crippen molar-refractivity contribution >= 4 is 29.5 Å². The maximum absolute atomic E-state index is 13.4. The van der Waals surface area contributed by atoms with Crippen LogP contribution in [0.1, 0.15) is 16.1 Å². The highest BCUT2D eigenvalue weighted by molar-refractivity contribution is 6.32. The van der Waals surface area contributed by atoms with Crippen LogP contribution in [-0.4, -0.2) is 23.2 Å². The zero-order chi connectivity index (χ0) is 14.0. The summed E-state index contributed by atoms with van der Waals surface area (Å²) in [5, 5.41) is 4.23. The summed E-state index contributed by atoms with van der Waals surface area (Å²) in [6.45, 7) is 0.136. The summed E-state index contributed by atoms with van der Waals surface area (Å²) >= 11 is 11.7. The molecule has 4 nitrogen and oxygen atoms in total. The number of benzene rings is 1. The number of rotatable bonds is 4. The van der Waals surface area contributed by atoms with Gasteiger partial charge >= 0.3 is 0 Å². The Morgan fingerprint density at radius 1 is 1.47 bits per heavy atom. The third-order valence-electron chi connectivity index (χ3n) is 2.49. The Balaban J connectivity index is 2.55. The van der Waals surface area contributed by atoms with Crippen molar-refractivity contribution in [1.82, 2.24) is 9.78 Å². The van der Waals surface area contributed by atoms with Crippen LogP contribution in [0.3, 0.4) is 0 Å². The minimum absolute atomic E-state index is 0.000227. The van der Waals surface area contributed by atoms with Crippen LogP contribution in [-0.2, 0) is 11.3 Å². The number of hydrogen-bond acceptors (Lipinski definition) is 3. The van der Waals surface area contributed by atoms with E-state index in [0.717, 1.165) is 0 Å². The van der Waals surface area contributed by atoms with Crippen molar-refractivity contribution in [2.24, 2.45) is 0 Å². The summed E-state index contributed by atoms with van der Waals surface area (Å²) in [5.41, 5.74) is 0.981. The van der Waals surface area contributed by atoms with Crippen molar-refractivity contribution in [1.29, 1.82) is 0 Å². The van der Waals surface area contributed by atoms with Gasteiger partial charge in [-0.05, 0) is 12.1 Å². The Hall–Kier alpha value is -1.43. The fourth-order valence-electron chi connectivity index (χ4n) is 1.60. The number of halogens is 3. The van der Waals surface area contributed by atoms with Gasteiger partial charge < -0.3 is 4.74 Å². The lowest BCUT2D eigenvalue weighted by Crippen LogP contribution is -1.99. The predicted octanol–water partition coefficient (Wildman–Crippen LogP) is 3.28. The molecule has 0 aliphatic carbocycles. The van der Waals surface area contributed by atoms with Crippen molar-refractivity contribution in [2.75, 3.05) is 7.11 Å². The van der Waals surface area contributed by atoms with E-state index in [1.807, 2.05) is 0 Å². The van der Waals surface area contributed by atoms with E-state index < -0.39 is 5.82 Å². The van der Waals surface area contributed by atoms with E-state index in [2.05, 4.69) is 5.10 Å². The van der Waals surface area contributed by atoms with Crippen molar-refractivity contribution in [3.05, 3.63) is 45.4 Å². The molecule has 0 saturated carbocycles. The molecule has 0 amide bonds. The molecule has 0 radical (unpaired) electrons. The molecule has 0 saturated heterocycles. The molecule has 0 spiro atoms. The number of aromatic nitrogens is 2. The Morgan fingerprint density at radius 2 is 2.21 bits per heavy atom. The van der Waals surface area contributed by atoms with Crippen LogP contribution in [0.15, 0.2) is 18.2 Å². The van der Waals surface area contributed by atoms with E-state index >= 15 is 0 Å². The van der Waals surface area contributed by atoms with Gasteiger partial charge in [0.25, 0.3) is 0 Å². The van der Waals surface area contributed by atoms with Gasteiger partial charge in [-0.15, -0.1) is 0 Å². The molecular formula is C12H9Cl2FN2O2. The van der Waals surface area contributed by atoms with Crippen molar-refractivity contribution < 1.29 is 13.9 Å². The second kappa shape index (κ2) is 5.69. The molecule has 1 heterocycles. The van der Waals surface area contributed by atoms with E-state index in [0.29, 0.717) is 17.7 Å². The van der Waals surface area contributed by atoms with E-state index in [9.17, 15) is 9.18 Å². The zero-order valence-corrected chi connectivity index (χ0v) is 11.4. The molecule has 0 aliphatic rings. The molecule has 2 aromatic rings.